The van der Waals surface area contributed by atoms with Crippen LogP contribution < -0.4 is 5.73 Å². The molecule has 0 aromatic carbocycles. The highest BCUT2D eigenvalue weighted by Gasteiger charge is 2.30. The van der Waals surface area contributed by atoms with Gasteiger partial charge in [-0.3, -0.25) is 9.59 Å². The lowest BCUT2D eigenvalue weighted by molar-refractivity contribution is -0.148. The summed E-state index contributed by atoms with van der Waals surface area (Å²) in [6, 6.07) is 3.08. The lowest BCUT2D eigenvalue weighted by Gasteiger charge is -2.08. The summed E-state index contributed by atoms with van der Waals surface area (Å²) in [5, 5.41) is 0. The van der Waals surface area contributed by atoms with Crippen molar-refractivity contribution < 1.29 is 18.7 Å². The number of ether oxygens (including phenoxy) is 1. The minimum absolute atomic E-state index is 0.198. The third kappa shape index (κ3) is 2.12. The van der Waals surface area contributed by atoms with Crippen molar-refractivity contribution in [1.82, 2.24) is 0 Å². The monoisotopic (exact) mass is 197 g/mol. The van der Waals surface area contributed by atoms with Gasteiger partial charge in [-0.05, 0) is 19.1 Å². The summed E-state index contributed by atoms with van der Waals surface area (Å²) in [6.07, 6.45) is 1.37. The number of carbonyl (C=O) groups excluding carboxylic acids is 2. The Labute approximate surface area is 80.8 Å². The van der Waals surface area contributed by atoms with Gasteiger partial charge in [-0.15, -0.1) is 0 Å². The van der Waals surface area contributed by atoms with E-state index in [1.54, 1.807) is 13.0 Å². The molecule has 1 amide bonds. The summed E-state index contributed by atoms with van der Waals surface area (Å²) in [6.45, 7) is 1.85. The summed E-state index contributed by atoms with van der Waals surface area (Å²) in [4.78, 5) is 22.3. The molecule has 76 valence electrons. The number of esters is 1. The first-order valence-electron chi connectivity index (χ1n) is 4.16. The van der Waals surface area contributed by atoms with Crippen molar-refractivity contribution in [2.24, 2.45) is 5.73 Å². The van der Waals surface area contributed by atoms with Crippen molar-refractivity contribution in [3.05, 3.63) is 24.2 Å². The number of hydrogen-bond donors (Lipinski definition) is 1. The number of hydrogen-bond acceptors (Lipinski definition) is 4. The van der Waals surface area contributed by atoms with Gasteiger partial charge in [-0.1, -0.05) is 0 Å². The molecule has 0 saturated carbocycles. The van der Waals surface area contributed by atoms with Crippen molar-refractivity contribution in [3.8, 4) is 0 Å². The fourth-order valence-corrected chi connectivity index (χ4v) is 1.05. The molecular weight excluding hydrogens is 186 g/mol. The van der Waals surface area contributed by atoms with Crippen molar-refractivity contribution in [1.29, 1.82) is 0 Å². The molecule has 1 heterocycles. The normalized spacial score (nSPS) is 12.1. The second-order valence-corrected chi connectivity index (χ2v) is 2.60. The first-order valence-corrected chi connectivity index (χ1v) is 4.16. The van der Waals surface area contributed by atoms with E-state index < -0.39 is 17.8 Å². The molecule has 0 aliphatic rings. The molecule has 5 heteroatoms. The van der Waals surface area contributed by atoms with E-state index in [0.717, 1.165) is 0 Å². The molecule has 0 spiro atoms. The Hall–Kier alpha value is -1.78. The van der Waals surface area contributed by atoms with E-state index in [2.05, 4.69) is 4.74 Å². The van der Waals surface area contributed by atoms with E-state index in [4.69, 9.17) is 10.2 Å². The molecule has 0 fully saturated rings. The molecule has 0 aliphatic heterocycles. The number of furan rings is 1. The minimum atomic E-state index is -1.15. The number of nitrogens with two attached hydrogens (primary N) is 1. The van der Waals surface area contributed by atoms with E-state index in [9.17, 15) is 9.59 Å². The summed E-state index contributed by atoms with van der Waals surface area (Å²) in [7, 11) is 0. The van der Waals surface area contributed by atoms with E-state index in [1.165, 1.54) is 12.3 Å². The standard InChI is InChI=1S/C9H11NO4/c1-2-13-9(12)7(8(10)11)6-4-3-5-14-6/h3-5,7H,2H2,1H3,(H2,10,11). The number of rotatable bonds is 4. The Morgan fingerprint density at radius 3 is 2.79 bits per heavy atom. The van der Waals surface area contributed by atoms with Crippen LogP contribution >= 0.6 is 0 Å². The van der Waals surface area contributed by atoms with Crippen molar-refractivity contribution in [2.75, 3.05) is 6.61 Å². The first-order chi connectivity index (χ1) is 6.66. The van der Waals surface area contributed by atoms with Crippen LogP contribution in [-0.4, -0.2) is 18.5 Å². The average molecular weight is 197 g/mol. The molecule has 1 aromatic rings. The maximum absolute atomic E-state index is 11.3. The van der Waals surface area contributed by atoms with Crippen LogP contribution in [0.25, 0.3) is 0 Å². The molecular formula is C9H11NO4. The van der Waals surface area contributed by atoms with E-state index in [0.29, 0.717) is 0 Å². The molecule has 1 rings (SSSR count). The Bertz CT molecular complexity index is 318. The van der Waals surface area contributed by atoms with E-state index in [1.807, 2.05) is 0 Å². The van der Waals surface area contributed by atoms with Gasteiger partial charge >= 0.3 is 5.97 Å². The lowest BCUT2D eigenvalue weighted by atomic mass is 10.1. The van der Waals surface area contributed by atoms with Gasteiger partial charge in [0.2, 0.25) is 5.91 Å². The second-order valence-electron chi connectivity index (χ2n) is 2.60. The largest absolute Gasteiger partial charge is 0.468 e. The van der Waals surface area contributed by atoms with Gasteiger partial charge in [0.05, 0.1) is 12.9 Å². The molecule has 14 heavy (non-hydrogen) atoms. The van der Waals surface area contributed by atoms with Crippen molar-refractivity contribution in [3.63, 3.8) is 0 Å². The fourth-order valence-electron chi connectivity index (χ4n) is 1.05. The second kappa shape index (κ2) is 4.45. The predicted octanol–water partition coefficient (Wildman–Crippen LogP) is 0.412. The molecule has 1 unspecified atom stereocenters. The Morgan fingerprint density at radius 1 is 1.64 bits per heavy atom. The van der Waals surface area contributed by atoms with Crippen LogP contribution in [0.5, 0.6) is 0 Å². The highest BCUT2D eigenvalue weighted by atomic mass is 16.5. The smallest absolute Gasteiger partial charge is 0.326 e. The summed E-state index contributed by atoms with van der Waals surface area (Å²) in [5.41, 5.74) is 5.06. The zero-order valence-electron chi connectivity index (χ0n) is 7.73. The predicted molar refractivity (Wildman–Crippen MR) is 47.3 cm³/mol. The first kappa shape index (κ1) is 10.3. The average Bonchev–Trinajstić information content (AvgIpc) is 2.57. The Balaban J connectivity index is 2.85. The third-order valence-corrected chi connectivity index (χ3v) is 1.63. The van der Waals surface area contributed by atoms with Crippen molar-refractivity contribution in [2.45, 2.75) is 12.8 Å². The van der Waals surface area contributed by atoms with Crippen LogP contribution in [0.2, 0.25) is 0 Å². The van der Waals surface area contributed by atoms with Crippen LogP contribution in [0.4, 0.5) is 0 Å². The molecule has 0 aliphatic carbocycles. The van der Waals surface area contributed by atoms with Crippen LogP contribution in [0.3, 0.4) is 0 Å². The Morgan fingerprint density at radius 2 is 2.36 bits per heavy atom. The number of carbonyl (C=O) groups is 2. The number of primary amides is 1. The van der Waals surface area contributed by atoms with Crippen LogP contribution in [-0.2, 0) is 14.3 Å². The summed E-state index contributed by atoms with van der Waals surface area (Å²) in [5.74, 6) is -2.41. The van der Waals surface area contributed by atoms with Gasteiger partial charge in [-0.2, -0.15) is 0 Å². The highest BCUT2D eigenvalue weighted by Crippen LogP contribution is 2.17. The van der Waals surface area contributed by atoms with Gasteiger partial charge in [0.25, 0.3) is 0 Å². The molecule has 5 nitrogen and oxygen atoms in total. The quantitative estimate of drug-likeness (QED) is 0.559. The minimum Gasteiger partial charge on any atom is -0.468 e. The highest BCUT2D eigenvalue weighted by molar-refractivity contribution is 6.02. The lowest BCUT2D eigenvalue weighted by Crippen LogP contribution is -2.29. The fraction of sp³-hybridized carbons (Fsp3) is 0.333. The van der Waals surface area contributed by atoms with Gasteiger partial charge < -0.3 is 14.9 Å². The van der Waals surface area contributed by atoms with E-state index in [-0.39, 0.29) is 12.4 Å². The molecule has 1 aromatic heterocycles. The van der Waals surface area contributed by atoms with E-state index >= 15 is 0 Å². The van der Waals surface area contributed by atoms with Gasteiger partial charge in [0.15, 0.2) is 5.92 Å². The van der Waals surface area contributed by atoms with Gasteiger partial charge in [-0.25, -0.2) is 0 Å². The van der Waals surface area contributed by atoms with Gasteiger partial charge in [0, 0.05) is 0 Å². The number of amides is 1. The van der Waals surface area contributed by atoms with Crippen LogP contribution in [0.15, 0.2) is 22.8 Å². The summed E-state index contributed by atoms with van der Waals surface area (Å²) >= 11 is 0. The van der Waals surface area contributed by atoms with Crippen LogP contribution in [0.1, 0.15) is 18.6 Å². The summed E-state index contributed by atoms with van der Waals surface area (Å²) < 4.78 is 9.61. The zero-order chi connectivity index (χ0) is 10.6. The topological polar surface area (TPSA) is 82.5 Å². The maximum atomic E-state index is 11.3. The third-order valence-electron chi connectivity index (χ3n) is 1.63. The van der Waals surface area contributed by atoms with Crippen LogP contribution in [0, 0.1) is 0 Å². The molecule has 0 saturated heterocycles. The Kier molecular flexibility index (Phi) is 3.28. The SMILES string of the molecule is CCOC(=O)C(C(N)=O)c1ccco1. The molecule has 0 radical (unpaired) electrons. The molecule has 2 N–H and O–H groups in total. The molecule has 1 atom stereocenters. The maximum Gasteiger partial charge on any atom is 0.326 e. The zero-order valence-corrected chi connectivity index (χ0v) is 7.73. The molecule has 0 bridgehead atoms. The van der Waals surface area contributed by atoms with Gasteiger partial charge in [0.1, 0.15) is 5.76 Å². The van der Waals surface area contributed by atoms with Crippen molar-refractivity contribution >= 4 is 11.9 Å².